The van der Waals surface area contributed by atoms with Crippen LogP contribution in [0.15, 0.2) is 24.3 Å². The Morgan fingerprint density at radius 1 is 0.784 bits per heavy atom. The first-order valence-corrected chi connectivity index (χ1v) is 12.1. The molecule has 1 aromatic carbocycles. The van der Waals surface area contributed by atoms with E-state index in [-0.39, 0.29) is 36.8 Å². The first-order valence-electron chi connectivity index (χ1n) is 12.1. The maximum Gasteiger partial charge on any atom is 0.326 e. The minimum atomic E-state index is -1.54. The molecule has 4 unspecified atom stereocenters. The summed E-state index contributed by atoms with van der Waals surface area (Å²) in [6.45, 7) is 7.37. The maximum atomic E-state index is 13.2. The zero-order valence-electron chi connectivity index (χ0n) is 21.7. The Hall–Kier alpha value is -3.67. The number of primary amides is 1. The molecule has 0 aliphatic carbocycles. The number of nitrogens with one attached hydrogen (secondary N) is 3. The lowest BCUT2D eigenvalue weighted by Gasteiger charge is -2.26. The first kappa shape index (κ1) is 31.4. The highest BCUT2D eigenvalue weighted by molar-refractivity contribution is 5.94. The number of aliphatic carboxylic acids is 1. The van der Waals surface area contributed by atoms with E-state index in [9.17, 15) is 34.2 Å². The summed E-state index contributed by atoms with van der Waals surface area (Å²) in [6.07, 6.45) is 0.0213. The molecule has 0 saturated heterocycles. The Bertz CT molecular complexity index is 949. The number of rotatable bonds is 15. The van der Waals surface area contributed by atoms with Gasteiger partial charge in [0.25, 0.3) is 0 Å². The maximum absolute atomic E-state index is 13.2. The number of amides is 4. The summed E-state index contributed by atoms with van der Waals surface area (Å²) in [7, 11) is 0. The van der Waals surface area contributed by atoms with Gasteiger partial charge in [0, 0.05) is 0 Å². The number of carbonyl (C=O) groups excluding carboxylic acids is 4. The highest BCUT2D eigenvalue weighted by Crippen LogP contribution is 2.12. The predicted octanol–water partition coefficient (Wildman–Crippen LogP) is -0.231. The number of hydrogen-bond acceptors (Lipinski definition) is 7. The standard InChI is InChI=1S/C25H39N5O7/c1-13(2)9-18(28-22(33)17(26)11-15-5-7-16(31)8-6-15)23(34)29-19(10-14(3)4)24(35)30-20(25(36)37)12-21(27)32/h5-8,13-14,17-20,31H,9-12,26H2,1-4H3,(H2,27,32)(H,28,33)(H,29,34)(H,30,35)(H,36,37). The average molecular weight is 522 g/mol. The predicted molar refractivity (Wildman–Crippen MR) is 136 cm³/mol. The largest absolute Gasteiger partial charge is 0.508 e. The van der Waals surface area contributed by atoms with Crippen LogP contribution in [-0.2, 0) is 30.4 Å². The van der Waals surface area contributed by atoms with E-state index in [1.54, 1.807) is 12.1 Å². The van der Waals surface area contributed by atoms with Crippen molar-refractivity contribution in [1.82, 2.24) is 16.0 Å². The number of phenols is 1. The second-order valence-electron chi connectivity index (χ2n) is 9.93. The van der Waals surface area contributed by atoms with Crippen molar-refractivity contribution in [3.8, 4) is 5.75 Å². The summed E-state index contributed by atoms with van der Waals surface area (Å²) in [5, 5.41) is 26.2. The molecule has 0 aliphatic rings. The van der Waals surface area contributed by atoms with Gasteiger partial charge in [-0.05, 0) is 48.8 Å². The van der Waals surface area contributed by atoms with Crippen LogP contribution in [0.5, 0.6) is 5.75 Å². The summed E-state index contributed by atoms with van der Waals surface area (Å²) in [5.41, 5.74) is 11.8. The van der Waals surface area contributed by atoms with Crippen molar-refractivity contribution in [3.63, 3.8) is 0 Å². The van der Waals surface area contributed by atoms with Gasteiger partial charge in [0.05, 0.1) is 12.5 Å². The number of aromatic hydroxyl groups is 1. The molecule has 1 aromatic rings. The average Bonchev–Trinajstić information content (AvgIpc) is 2.78. The fourth-order valence-corrected chi connectivity index (χ4v) is 3.61. The lowest BCUT2D eigenvalue weighted by molar-refractivity contribution is -0.144. The molecule has 0 aliphatic heterocycles. The molecular formula is C25H39N5O7. The molecule has 37 heavy (non-hydrogen) atoms. The first-order chi connectivity index (χ1) is 17.2. The molecule has 0 radical (unpaired) electrons. The van der Waals surface area contributed by atoms with Gasteiger partial charge >= 0.3 is 5.97 Å². The number of carboxylic acids is 1. The Morgan fingerprint density at radius 3 is 1.62 bits per heavy atom. The van der Waals surface area contributed by atoms with E-state index in [4.69, 9.17) is 11.5 Å². The third-order valence-electron chi connectivity index (χ3n) is 5.43. The number of nitrogens with two attached hydrogens (primary N) is 2. The highest BCUT2D eigenvalue weighted by atomic mass is 16.4. The summed E-state index contributed by atoms with van der Waals surface area (Å²) in [5.74, 6) is -4.27. The summed E-state index contributed by atoms with van der Waals surface area (Å²) >= 11 is 0. The smallest absolute Gasteiger partial charge is 0.326 e. The number of phenolic OH excluding ortho intramolecular Hbond substituents is 1. The van der Waals surface area contributed by atoms with Gasteiger partial charge < -0.3 is 37.6 Å². The van der Waals surface area contributed by atoms with Gasteiger partial charge in [0.1, 0.15) is 23.9 Å². The number of benzene rings is 1. The van der Waals surface area contributed by atoms with Crippen molar-refractivity contribution in [3.05, 3.63) is 29.8 Å². The molecule has 0 fully saturated rings. The van der Waals surface area contributed by atoms with Crippen molar-refractivity contribution in [2.75, 3.05) is 0 Å². The van der Waals surface area contributed by atoms with Crippen LogP contribution in [0.3, 0.4) is 0 Å². The molecule has 12 nitrogen and oxygen atoms in total. The Balaban J connectivity index is 2.97. The van der Waals surface area contributed by atoms with E-state index >= 15 is 0 Å². The van der Waals surface area contributed by atoms with E-state index in [2.05, 4.69) is 16.0 Å². The van der Waals surface area contributed by atoms with Crippen LogP contribution >= 0.6 is 0 Å². The Labute approximate surface area is 216 Å². The molecule has 206 valence electrons. The lowest BCUT2D eigenvalue weighted by Crippen LogP contribution is -2.58. The summed E-state index contributed by atoms with van der Waals surface area (Å²) < 4.78 is 0. The highest BCUT2D eigenvalue weighted by Gasteiger charge is 2.31. The van der Waals surface area contributed by atoms with E-state index in [0.29, 0.717) is 0 Å². The van der Waals surface area contributed by atoms with Gasteiger partial charge in [-0.3, -0.25) is 19.2 Å². The zero-order chi connectivity index (χ0) is 28.3. The van der Waals surface area contributed by atoms with Crippen LogP contribution in [0.25, 0.3) is 0 Å². The third-order valence-corrected chi connectivity index (χ3v) is 5.43. The van der Waals surface area contributed by atoms with Gasteiger partial charge in [-0.25, -0.2) is 4.79 Å². The van der Waals surface area contributed by atoms with Gasteiger partial charge in [-0.2, -0.15) is 0 Å². The summed E-state index contributed by atoms with van der Waals surface area (Å²) in [4.78, 5) is 61.4. The number of carbonyl (C=O) groups is 5. The van der Waals surface area contributed by atoms with Gasteiger partial charge in [0.2, 0.25) is 23.6 Å². The van der Waals surface area contributed by atoms with Gasteiger partial charge in [-0.1, -0.05) is 39.8 Å². The molecule has 9 N–H and O–H groups in total. The van der Waals surface area contributed by atoms with Gasteiger partial charge in [-0.15, -0.1) is 0 Å². The van der Waals surface area contributed by atoms with Crippen molar-refractivity contribution in [2.24, 2.45) is 23.3 Å². The third kappa shape index (κ3) is 11.7. The monoisotopic (exact) mass is 521 g/mol. The van der Waals surface area contributed by atoms with E-state index in [0.717, 1.165) is 5.56 Å². The molecule has 0 heterocycles. The van der Waals surface area contributed by atoms with E-state index in [1.807, 2.05) is 27.7 Å². The molecule has 4 atom stereocenters. The van der Waals surface area contributed by atoms with Crippen LogP contribution in [0.1, 0.15) is 52.5 Å². The molecule has 1 rings (SSSR count). The fourth-order valence-electron chi connectivity index (χ4n) is 3.61. The molecule has 12 heteroatoms. The van der Waals surface area contributed by atoms with E-state index < -0.39 is 60.2 Å². The molecule has 0 bridgehead atoms. The Kier molecular flexibility index (Phi) is 12.5. The van der Waals surface area contributed by atoms with Crippen molar-refractivity contribution >= 4 is 29.6 Å². The fraction of sp³-hybridized carbons (Fsp3) is 0.560. The quantitative estimate of drug-likeness (QED) is 0.163. The van der Waals surface area contributed by atoms with Crippen LogP contribution in [-0.4, -0.2) is 64.0 Å². The molecule has 4 amide bonds. The minimum absolute atomic E-state index is 0.00806. The van der Waals surface area contributed by atoms with Crippen molar-refractivity contribution in [2.45, 2.75) is 77.5 Å². The van der Waals surface area contributed by atoms with Crippen molar-refractivity contribution < 1.29 is 34.2 Å². The van der Waals surface area contributed by atoms with Gasteiger partial charge in [0.15, 0.2) is 0 Å². The molecular weight excluding hydrogens is 482 g/mol. The summed E-state index contributed by atoms with van der Waals surface area (Å²) in [6, 6.07) is 1.62. The van der Waals surface area contributed by atoms with Crippen LogP contribution < -0.4 is 27.4 Å². The topological polar surface area (TPSA) is 214 Å². The second kappa shape index (κ2) is 14.8. The SMILES string of the molecule is CC(C)CC(NC(=O)C(N)Cc1ccc(O)cc1)C(=O)NC(CC(C)C)C(=O)NC(CC(N)=O)C(=O)O. The zero-order valence-corrected chi connectivity index (χ0v) is 21.7. The van der Waals surface area contributed by atoms with Crippen LogP contribution in [0, 0.1) is 11.8 Å². The number of hydrogen-bond donors (Lipinski definition) is 7. The molecule has 0 aromatic heterocycles. The normalized spacial score (nSPS) is 14.4. The second-order valence-corrected chi connectivity index (χ2v) is 9.93. The Morgan fingerprint density at radius 2 is 1.22 bits per heavy atom. The van der Waals surface area contributed by atoms with Crippen LogP contribution in [0.4, 0.5) is 0 Å². The van der Waals surface area contributed by atoms with E-state index in [1.165, 1.54) is 12.1 Å². The minimum Gasteiger partial charge on any atom is -0.508 e. The molecule has 0 spiro atoms. The lowest BCUT2D eigenvalue weighted by atomic mass is 9.99. The molecule has 0 saturated carbocycles. The van der Waals surface area contributed by atoms with Crippen molar-refractivity contribution in [1.29, 1.82) is 0 Å². The number of carboxylic acid groups (broad SMARTS) is 1. The van der Waals surface area contributed by atoms with Crippen LogP contribution in [0.2, 0.25) is 0 Å².